The molecule has 0 aliphatic carbocycles. The van der Waals surface area contributed by atoms with Gasteiger partial charge in [-0.15, -0.1) is 0 Å². The molecule has 0 saturated heterocycles. The zero-order valence-electron chi connectivity index (χ0n) is 9.84. The summed E-state index contributed by atoms with van der Waals surface area (Å²) in [4.78, 5) is 0. The lowest BCUT2D eigenvalue weighted by molar-refractivity contribution is 0.576. The van der Waals surface area contributed by atoms with Crippen LogP contribution < -0.4 is 5.73 Å². The van der Waals surface area contributed by atoms with Gasteiger partial charge in [-0.25, -0.2) is 13.2 Å². The van der Waals surface area contributed by atoms with Crippen LogP contribution in [0.3, 0.4) is 0 Å². The summed E-state index contributed by atoms with van der Waals surface area (Å²) in [5.74, 6) is -1.65. The summed E-state index contributed by atoms with van der Waals surface area (Å²) >= 11 is 3.07. The normalized spacial score (nSPS) is 12.5. The Bertz CT molecular complexity index is 581. The fourth-order valence-electron chi connectivity index (χ4n) is 1.84. The summed E-state index contributed by atoms with van der Waals surface area (Å²) in [5.41, 5.74) is 7.11. The highest BCUT2D eigenvalue weighted by Crippen LogP contribution is 2.23. The van der Waals surface area contributed by atoms with Gasteiger partial charge in [0.2, 0.25) is 0 Å². The molecule has 0 aliphatic rings. The maximum atomic E-state index is 13.1. The molecule has 0 aromatic heterocycles. The Balaban J connectivity index is 2.20. The van der Waals surface area contributed by atoms with Gasteiger partial charge in [0.25, 0.3) is 0 Å². The van der Waals surface area contributed by atoms with Gasteiger partial charge in [-0.1, -0.05) is 6.07 Å². The van der Waals surface area contributed by atoms with Crippen molar-refractivity contribution < 1.29 is 13.2 Å². The summed E-state index contributed by atoms with van der Waals surface area (Å²) in [6.07, 6.45) is 0.271. The lowest BCUT2D eigenvalue weighted by atomic mass is 9.99. The molecule has 1 atom stereocenters. The largest absolute Gasteiger partial charge is 0.324 e. The molecule has 2 N–H and O–H groups in total. The summed E-state index contributed by atoms with van der Waals surface area (Å²) in [6, 6.07) is 7.24. The summed E-state index contributed by atoms with van der Waals surface area (Å²) in [7, 11) is 0. The Hall–Kier alpha value is -1.33. The van der Waals surface area contributed by atoms with Crippen molar-refractivity contribution in [1.82, 2.24) is 0 Å². The molecule has 0 amide bonds. The first-order valence-corrected chi connectivity index (χ1v) is 6.40. The molecule has 1 nitrogen and oxygen atoms in total. The van der Waals surface area contributed by atoms with E-state index in [0.717, 1.165) is 6.07 Å². The highest BCUT2D eigenvalue weighted by Gasteiger charge is 2.11. The van der Waals surface area contributed by atoms with Crippen molar-refractivity contribution in [3.8, 4) is 0 Å². The van der Waals surface area contributed by atoms with Gasteiger partial charge < -0.3 is 5.73 Å². The molecule has 5 heteroatoms. The van der Waals surface area contributed by atoms with E-state index in [1.807, 2.05) is 0 Å². The third-order valence-electron chi connectivity index (χ3n) is 2.75. The third-order valence-corrected chi connectivity index (χ3v) is 3.36. The average Bonchev–Trinajstić information content (AvgIpc) is 2.31. The van der Waals surface area contributed by atoms with Crippen molar-refractivity contribution >= 4 is 15.9 Å². The Kier molecular flexibility index (Phi) is 4.27. The zero-order valence-corrected chi connectivity index (χ0v) is 11.4. The van der Waals surface area contributed by atoms with E-state index in [-0.39, 0.29) is 12.2 Å². The van der Waals surface area contributed by atoms with Crippen LogP contribution in [0.15, 0.2) is 40.9 Å². The minimum absolute atomic E-state index is 0.271. The molecular weight excluding hydrogens is 319 g/mol. The molecule has 2 aromatic rings. The van der Waals surface area contributed by atoms with E-state index >= 15 is 0 Å². The molecule has 0 aliphatic heterocycles. The SMILES string of the molecule is NC(Cc1cc(F)cc(F)c1)c1ccc(F)c(Br)c1. The van der Waals surface area contributed by atoms with Crippen molar-refractivity contribution in [3.05, 3.63) is 69.4 Å². The Labute approximate surface area is 117 Å². The predicted molar refractivity (Wildman–Crippen MR) is 71.1 cm³/mol. The van der Waals surface area contributed by atoms with Gasteiger partial charge in [0.05, 0.1) is 4.47 Å². The Morgan fingerprint density at radius 3 is 2.21 bits per heavy atom. The number of benzene rings is 2. The van der Waals surface area contributed by atoms with Crippen LogP contribution in [0, 0.1) is 17.5 Å². The standard InChI is InChI=1S/C14H11BrF3N/c15-12-6-9(1-2-13(12)18)14(19)5-8-3-10(16)7-11(17)4-8/h1-4,6-7,14H,5,19H2. The number of hydrogen-bond acceptors (Lipinski definition) is 1. The molecule has 100 valence electrons. The molecule has 1 unspecified atom stereocenters. The third kappa shape index (κ3) is 3.58. The van der Waals surface area contributed by atoms with E-state index in [0.29, 0.717) is 15.6 Å². The van der Waals surface area contributed by atoms with E-state index in [1.54, 1.807) is 12.1 Å². The second-order valence-electron chi connectivity index (χ2n) is 4.26. The summed E-state index contributed by atoms with van der Waals surface area (Å²) < 4.78 is 39.5. The van der Waals surface area contributed by atoms with Crippen molar-refractivity contribution in [3.63, 3.8) is 0 Å². The van der Waals surface area contributed by atoms with Gasteiger partial charge in [0.1, 0.15) is 17.5 Å². The lowest BCUT2D eigenvalue weighted by Crippen LogP contribution is -2.13. The summed E-state index contributed by atoms with van der Waals surface area (Å²) in [5, 5.41) is 0. The highest BCUT2D eigenvalue weighted by molar-refractivity contribution is 9.10. The van der Waals surface area contributed by atoms with Crippen molar-refractivity contribution in [2.24, 2.45) is 5.73 Å². The molecule has 0 spiro atoms. The number of rotatable bonds is 3. The first kappa shape index (κ1) is 14.1. The van der Waals surface area contributed by atoms with Crippen LogP contribution in [0.4, 0.5) is 13.2 Å². The number of halogens is 4. The van der Waals surface area contributed by atoms with Gasteiger partial charge in [0, 0.05) is 12.1 Å². The first-order chi connectivity index (χ1) is 8.95. The van der Waals surface area contributed by atoms with Crippen LogP contribution in [0.5, 0.6) is 0 Å². The van der Waals surface area contributed by atoms with E-state index < -0.39 is 17.7 Å². The van der Waals surface area contributed by atoms with Crippen LogP contribution in [0.2, 0.25) is 0 Å². The molecule has 0 bridgehead atoms. The Morgan fingerprint density at radius 1 is 1.00 bits per heavy atom. The van der Waals surface area contributed by atoms with E-state index in [4.69, 9.17) is 5.73 Å². The van der Waals surface area contributed by atoms with Crippen LogP contribution in [-0.4, -0.2) is 0 Å². The summed E-state index contributed by atoms with van der Waals surface area (Å²) in [6.45, 7) is 0. The molecule has 19 heavy (non-hydrogen) atoms. The van der Waals surface area contributed by atoms with Crippen molar-refractivity contribution in [2.75, 3.05) is 0 Å². The molecule has 0 heterocycles. The number of nitrogens with two attached hydrogens (primary N) is 1. The van der Waals surface area contributed by atoms with Crippen molar-refractivity contribution in [2.45, 2.75) is 12.5 Å². The predicted octanol–water partition coefficient (Wildman–Crippen LogP) is 4.11. The smallest absolute Gasteiger partial charge is 0.137 e. The number of hydrogen-bond donors (Lipinski definition) is 1. The lowest BCUT2D eigenvalue weighted by Gasteiger charge is -2.13. The Morgan fingerprint density at radius 2 is 1.63 bits per heavy atom. The van der Waals surface area contributed by atoms with Crippen LogP contribution >= 0.6 is 15.9 Å². The quantitative estimate of drug-likeness (QED) is 0.901. The highest BCUT2D eigenvalue weighted by atomic mass is 79.9. The fourth-order valence-corrected chi connectivity index (χ4v) is 2.24. The van der Waals surface area contributed by atoms with E-state index in [1.165, 1.54) is 18.2 Å². The second kappa shape index (κ2) is 5.75. The second-order valence-corrected chi connectivity index (χ2v) is 5.12. The fraction of sp³-hybridized carbons (Fsp3) is 0.143. The average molecular weight is 330 g/mol. The van der Waals surface area contributed by atoms with Crippen LogP contribution in [-0.2, 0) is 6.42 Å². The van der Waals surface area contributed by atoms with Crippen molar-refractivity contribution in [1.29, 1.82) is 0 Å². The van der Waals surface area contributed by atoms with Crippen LogP contribution in [0.25, 0.3) is 0 Å². The van der Waals surface area contributed by atoms with E-state index in [9.17, 15) is 13.2 Å². The molecular formula is C14H11BrF3N. The van der Waals surface area contributed by atoms with Gasteiger partial charge in [-0.3, -0.25) is 0 Å². The maximum Gasteiger partial charge on any atom is 0.137 e. The molecule has 2 rings (SSSR count). The molecule has 0 fully saturated rings. The monoisotopic (exact) mass is 329 g/mol. The minimum Gasteiger partial charge on any atom is -0.324 e. The zero-order chi connectivity index (χ0) is 14.0. The van der Waals surface area contributed by atoms with Gasteiger partial charge in [0.15, 0.2) is 0 Å². The first-order valence-electron chi connectivity index (χ1n) is 5.61. The van der Waals surface area contributed by atoms with Gasteiger partial charge in [-0.2, -0.15) is 0 Å². The van der Waals surface area contributed by atoms with Gasteiger partial charge >= 0.3 is 0 Å². The van der Waals surface area contributed by atoms with Gasteiger partial charge in [-0.05, 0) is 57.7 Å². The van der Waals surface area contributed by atoms with E-state index in [2.05, 4.69) is 15.9 Å². The molecule has 0 radical (unpaired) electrons. The molecule has 0 saturated carbocycles. The maximum absolute atomic E-state index is 13.1. The minimum atomic E-state index is -0.637. The topological polar surface area (TPSA) is 26.0 Å². The molecule has 2 aromatic carbocycles. The van der Waals surface area contributed by atoms with Crippen LogP contribution in [0.1, 0.15) is 17.2 Å².